The summed E-state index contributed by atoms with van der Waals surface area (Å²) < 4.78 is 1.23. The molecule has 3 heterocycles. The molecule has 0 radical (unpaired) electrons. The lowest BCUT2D eigenvalue weighted by atomic mass is 10.0. The Bertz CT molecular complexity index is 1020. The second kappa shape index (κ2) is 6.59. The summed E-state index contributed by atoms with van der Waals surface area (Å²) in [6, 6.07) is 15.2. The van der Waals surface area contributed by atoms with Gasteiger partial charge in [0.1, 0.15) is 5.65 Å². The van der Waals surface area contributed by atoms with Gasteiger partial charge in [-0.2, -0.15) is 0 Å². The molecule has 26 heavy (non-hydrogen) atoms. The van der Waals surface area contributed by atoms with Crippen LogP contribution in [0.2, 0.25) is 0 Å². The Morgan fingerprint density at radius 1 is 1.15 bits per heavy atom. The first kappa shape index (κ1) is 16.3. The Morgan fingerprint density at radius 3 is 2.69 bits per heavy atom. The summed E-state index contributed by atoms with van der Waals surface area (Å²) in [6.07, 6.45) is 4.12. The summed E-state index contributed by atoms with van der Waals surface area (Å²) in [4.78, 5) is 30.1. The molecular weight excluding hydrogens is 332 g/mol. The molecule has 4 rings (SSSR count). The number of hydrogen-bond acceptors (Lipinski definition) is 5. The highest BCUT2D eigenvalue weighted by atomic mass is 16.6. The smallest absolute Gasteiger partial charge is 0.347 e. The van der Waals surface area contributed by atoms with Gasteiger partial charge in [0, 0.05) is 18.8 Å². The third-order valence-corrected chi connectivity index (χ3v) is 4.84. The molecule has 0 bridgehead atoms. The maximum absolute atomic E-state index is 12.7. The molecule has 0 spiro atoms. The van der Waals surface area contributed by atoms with E-state index in [-0.39, 0.29) is 11.9 Å². The fourth-order valence-electron chi connectivity index (χ4n) is 3.64. The summed E-state index contributed by atoms with van der Waals surface area (Å²) >= 11 is 0. The van der Waals surface area contributed by atoms with E-state index in [1.807, 2.05) is 35.2 Å². The molecule has 0 saturated carbocycles. The average Bonchev–Trinajstić information content (AvgIpc) is 3.10. The van der Waals surface area contributed by atoms with Crippen molar-refractivity contribution in [2.75, 3.05) is 11.4 Å². The number of pyridine rings is 1. The lowest BCUT2D eigenvalue weighted by Crippen LogP contribution is -2.34. The van der Waals surface area contributed by atoms with Crippen molar-refractivity contribution >= 4 is 17.2 Å². The van der Waals surface area contributed by atoms with Gasteiger partial charge in [0.05, 0.1) is 4.92 Å². The number of nitrogens with zero attached hydrogens (tertiary/aromatic N) is 4. The summed E-state index contributed by atoms with van der Waals surface area (Å²) in [5.74, 6) is 0.185. The van der Waals surface area contributed by atoms with Crippen LogP contribution in [-0.4, -0.2) is 26.9 Å². The van der Waals surface area contributed by atoms with E-state index >= 15 is 0 Å². The first-order valence-corrected chi connectivity index (χ1v) is 8.61. The zero-order chi connectivity index (χ0) is 18.1. The minimum Gasteiger partial charge on any atom is -0.347 e. The van der Waals surface area contributed by atoms with E-state index in [4.69, 9.17) is 0 Å². The largest absolute Gasteiger partial charge is 0.376 e. The molecule has 2 aromatic heterocycles. The Hall–Kier alpha value is -3.22. The monoisotopic (exact) mass is 350 g/mol. The average molecular weight is 350 g/mol. The van der Waals surface area contributed by atoms with Crippen LogP contribution in [0.1, 0.15) is 18.4 Å². The molecule has 0 amide bonds. The van der Waals surface area contributed by atoms with Gasteiger partial charge in [0.25, 0.3) is 0 Å². The maximum Gasteiger partial charge on any atom is 0.376 e. The van der Waals surface area contributed by atoms with Gasteiger partial charge in [-0.25, -0.2) is 4.98 Å². The van der Waals surface area contributed by atoms with Crippen molar-refractivity contribution in [2.45, 2.75) is 25.3 Å². The Morgan fingerprint density at radius 2 is 1.92 bits per heavy atom. The molecule has 1 aliphatic heterocycles. The van der Waals surface area contributed by atoms with Gasteiger partial charge in [0.15, 0.2) is 0 Å². The van der Waals surface area contributed by atoms with Crippen molar-refractivity contribution in [3.05, 3.63) is 80.8 Å². The third-order valence-electron chi connectivity index (χ3n) is 4.84. The first-order chi connectivity index (χ1) is 12.6. The molecule has 132 valence electrons. The molecule has 0 N–H and O–H groups in total. The lowest BCUT2D eigenvalue weighted by Gasteiger charge is -2.25. The highest BCUT2D eigenvalue weighted by Gasteiger charge is 2.34. The van der Waals surface area contributed by atoms with Crippen molar-refractivity contribution < 1.29 is 4.92 Å². The van der Waals surface area contributed by atoms with Gasteiger partial charge in [-0.3, -0.25) is 19.3 Å². The number of hydrogen-bond donors (Lipinski definition) is 0. The van der Waals surface area contributed by atoms with Crippen LogP contribution in [0.5, 0.6) is 0 Å². The number of fused-ring (bicyclic) bond motifs is 1. The molecule has 7 heteroatoms. The number of benzene rings is 1. The van der Waals surface area contributed by atoms with Gasteiger partial charge in [-0.1, -0.05) is 36.4 Å². The van der Waals surface area contributed by atoms with Crippen LogP contribution in [0.3, 0.4) is 0 Å². The summed E-state index contributed by atoms with van der Waals surface area (Å²) in [5.41, 5.74) is 0.502. The summed E-state index contributed by atoms with van der Waals surface area (Å²) in [6.45, 7) is 0.661. The maximum atomic E-state index is 12.7. The Labute approximate surface area is 149 Å². The number of anilines is 1. The fraction of sp³-hybridized carbons (Fsp3) is 0.263. The van der Waals surface area contributed by atoms with Gasteiger partial charge in [0.2, 0.25) is 5.82 Å². The van der Waals surface area contributed by atoms with Gasteiger partial charge in [-0.05, 0) is 37.0 Å². The van der Waals surface area contributed by atoms with E-state index in [1.165, 1.54) is 16.2 Å². The van der Waals surface area contributed by atoms with E-state index in [2.05, 4.69) is 4.98 Å². The van der Waals surface area contributed by atoms with Crippen LogP contribution in [0.4, 0.5) is 11.5 Å². The predicted molar refractivity (Wildman–Crippen MR) is 98.6 cm³/mol. The van der Waals surface area contributed by atoms with Crippen LogP contribution < -0.4 is 10.5 Å². The van der Waals surface area contributed by atoms with Gasteiger partial charge in [-0.15, -0.1) is 0 Å². The molecule has 1 fully saturated rings. The Balaban J connectivity index is 1.80. The van der Waals surface area contributed by atoms with Crippen molar-refractivity contribution in [1.29, 1.82) is 0 Å². The molecule has 1 saturated heterocycles. The summed E-state index contributed by atoms with van der Waals surface area (Å²) in [7, 11) is 0. The van der Waals surface area contributed by atoms with Crippen LogP contribution >= 0.6 is 0 Å². The van der Waals surface area contributed by atoms with E-state index < -0.39 is 16.2 Å². The Kier molecular flexibility index (Phi) is 4.12. The topological polar surface area (TPSA) is 80.8 Å². The molecule has 0 aliphatic carbocycles. The third kappa shape index (κ3) is 2.81. The molecule has 3 aromatic rings. The van der Waals surface area contributed by atoms with Crippen LogP contribution in [-0.2, 0) is 6.42 Å². The zero-order valence-corrected chi connectivity index (χ0v) is 14.1. The minimum atomic E-state index is -0.638. The zero-order valence-electron chi connectivity index (χ0n) is 14.1. The van der Waals surface area contributed by atoms with Crippen molar-refractivity contribution in [1.82, 2.24) is 9.38 Å². The van der Waals surface area contributed by atoms with Crippen molar-refractivity contribution in [2.24, 2.45) is 0 Å². The standard InChI is InChI=1S/C19H18N4O3/c24-19-17(23(25)26)18(20-16-10-4-5-11-22(16)19)21-12-6-9-15(21)13-14-7-2-1-3-8-14/h1-5,7-8,10-11,15H,6,9,12-13H2/t15-/m1/s1. The molecule has 0 unspecified atom stereocenters. The number of nitro groups is 1. The second-order valence-corrected chi connectivity index (χ2v) is 6.45. The minimum absolute atomic E-state index is 0.0918. The van der Waals surface area contributed by atoms with Crippen LogP contribution in [0, 0.1) is 10.1 Å². The predicted octanol–water partition coefficient (Wildman–Crippen LogP) is 2.81. The highest BCUT2D eigenvalue weighted by molar-refractivity contribution is 5.62. The normalized spacial score (nSPS) is 16.9. The molecular formula is C19H18N4O3. The highest BCUT2D eigenvalue weighted by Crippen LogP contribution is 2.31. The fourth-order valence-corrected chi connectivity index (χ4v) is 3.64. The lowest BCUT2D eigenvalue weighted by molar-refractivity contribution is -0.385. The second-order valence-electron chi connectivity index (χ2n) is 6.45. The quantitative estimate of drug-likeness (QED) is 0.534. The molecule has 1 aliphatic rings. The van der Waals surface area contributed by atoms with Gasteiger partial charge < -0.3 is 4.90 Å². The van der Waals surface area contributed by atoms with E-state index in [0.29, 0.717) is 12.2 Å². The summed E-state index contributed by atoms with van der Waals surface area (Å²) in [5, 5.41) is 11.6. The molecule has 7 nitrogen and oxygen atoms in total. The van der Waals surface area contributed by atoms with Crippen LogP contribution in [0.25, 0.3) is 5.65 Å². The molecule has 1 atom stereocenters. The van der Waals surface area contributed by atoms with E-state index in [1.54, 1.807) is 18.2 Å². The van der Waals surface area contributed by atoms with Crippen molar-refractivity contribution in [3.8, 4) is 0 Å². The van der Waals surface area contributed by atoms with Gasteiger partial charge >= 0.3 is 11.2 Å². The van der Waals surface area contributed by atoms with Crippen LogP contribution in [0.15, 0.2) is 59.5 Å². The first-order valence-electron chi connectivity index (χ1n) is 8.61. The number of aromatic nitrogens is 2. The SMILES string of the molecule is O=c1c([N+](=O)[O-])c(N2CCC[C@@H]2Cc2ccccc2)nc2ccccn12. The molecule has 1 aromatic carbocycles. The number of rotatable bonds is 4. The van der Waals surface area contributed by atoms with E-state index in [9.17, 15) is 14.9 Å². The van der Waals surface area contributed by atoms with E-state index in [0.717, 1.165) is 19.3 Å². The van der Waals surface area contributed by atoms with Crippen molar-refractivity contribution in [3.63, 3.8) is 0 Å².